The highest BCUT2D eigenvalue weighted by Gasteiger charge is 2.62. The lowest BCUT2D eigenvalue weighted by Gasteiger charge is -2.61. The van der Waals surface area contributed by atoms with Crippen LogP contribution < -0.4 is 5.32 Å². The maximum atomic E-state index is 12.7. The average molecular weight is 519 g/mol. The van der Waals surface area contributed by atoms with Crippen molar-refractivity contribution in [2.24, 2.45) is 39.7 Å². The van der Waals surface area contributed by atoms with Gasteiger partial charge in [-0.3, -0.25) is 4.79 Å². The van der Waals surface area contributed by atoms with E-state index in [0.717, 1.165) is 58.0 Å². The third-order valence-corrected chi connectivity index (χ3v) is 10.2. The van der Waals surface area contributed by atoms with Crippen LogP contribution in [0.15, 0.2) is 17.3 Å². The van der Waals surface area contributed by atoms with Crippen molar-refractivity contribution in [2.75, 3.05) is 20.2 Å². The smallest absolute Gasteiger partial charge is 0.328 e. The van der Waals surface area contributed by atoms with Crippen molar-refractivity contribution < 1.29 is 34.2 Å². The molecule has 4 saturated carbocycles. The summed E-state index contributed by atoms with van der Waals surface area (Å²) in [4.78, 5) is 37.7. The topological polar surface area (TPSA) is 135 Å². The van der Waals surface area contributed by atoms with E-state index in [1.165, 1.54) is 18.6 Å². The molecule has 0 spiro atoms. The van der Waals surface area contributed by atoms with Gasteiger partial charge >= 0.3 is 11.9 Å². The number of nitrogens with one attached hydrogen (secondary N) is 1. The van der Waals surface area contributed by atoms with Crippen LogP contribution in [0.1, 0.15) is 71.6 Å². The molecule has 5 rings (SSSR count). The maximum Gasteiger partial charge on any atom is 0.328 e. The van der Waals surface area contributed by atoms with Crippen LogP contribution in [-0.4, -0.2) is 66.1 Å². The zero-order valence-electron chi connectivity index (χ0n) is 22.3. The van der Waals surface area contributed by atoms with E-state index >= 15 is 0 Å². The molecule has 0 bridgehead atoms. The van der Waals surface area contributed by atoms with Gasteiger partial charge in [0.1, 0.15) is 11.9 Å². The van der Waals surface area contributed by atoms with Crippen LogP contribution in [0.3, 0.4) is 0 Å². The Morgan fingerprint density at radius 2 is 1.78 bits per heavy atom. The van der Waals surface area contributed by atoms with E-state index in [1.54, 1.807) is 0 Å². The summed E-state index contributed by atoms with van der Waals surface area (Å²) >= 11 is 0. The molecule has 0 aromatic heterocycles. The lowest BCUT2D eigenvalue weighted by atomic mass is 9.44. The van der Waals surface area contributed by atoms with E-state index in [9.17, 15) is 14.4 Å². The molecule has 37 heavy (non-hydrogen) atoms. The fourth-order valence-electron chi connectivity index (χ4n) is 8.12. The Labute approximate surface area is 219 Å². The van der Waals surface area contributed by atoms with E-state index in [4.69, 9.17) is 19.8 Å². The van der Waals surface area contributed by atoms with Crippen LogP contribution in [0.25, 0.3) is 0 Å². The number of hydrogen-bond donors (Lipinski definition) is 3. The Hall–Kier alpha value is -2.26. The first-order valence-electron chi connectivity index (χ1n) is 13.7. The molecule has 1 unspecified atom stereocenters. The van der Waals surface area contributed by atoms with Gasteiger partial charge in [-0.2, -0.15) is 0 Å². The molecule has 3 N–H and O–H groups in total. The molecule has 206 valence electrons. The molecule has 0 aromatic rings. The van der Waals surface area contributed by atoms with Crippen LogP contribution in [-0.2, 0) is 24.0 Å². The SMILES string of the molecule is CO[C@@H]1CC2CC(=NO[C@@H]3CCNC3)CC[C@]2(C)[C@H]2CC[C@]3(C)C(=O)CC[C@H]3[C@H]12.O=C(O)/C=C/C(=O)O. The summed E-state index contributed by atoms with van der Waals surface area (Å²) in [7, 11) is 1.89. The van der Waals surface area contributed by atoms with Crippen molar-refractivity contribution >= 4 is 23.4 Å². The molecule has 9 heteroatoms. The second kappa shape index (κ2) is 11.2. The second-order valence-corrected chi connectivity index (χ2v) is 12.0. The highest BCUT2D eigenvalue weighted by Crippen LogP contribution is 2.65. The molecular weight excluding hydrogens is 476 g/mol. The van der Waals surface area contributed by atoms with Crippen LogP contribution in [0.2, 0.25) is 0 Å². The zero-order chi connectivity index (χ0) is 26.8. The molecular formula is C28H42N2O7. The molecule has 5 aliphatic rings. The Kier molecular flexibility index (Phi) is 8.43. The number of oxime groups is 1. The van der Waals surface area contributed by atoms with E-state index in [2.05, 4.69) is 24.3 Å². The number of ether oxygens (including phenoxy) is 1. The predicted molar refractivity (Wildman–Crippen MR) is 137 cm³/mol. The summed E-state index contributed by atoms with van der Waals surface area (Å²) in [6, 6.07) is 0. The summed E-state index contributed by atoms with van der Waals surface area (Å²) < 4.78 is 6.13. The number of nitrogens with zero attached hydrogens (tertiary/aromatic N) is 1. The number of carbonyl (C=O) groups is 3. The third kappa shape index (κ3) is 5.62. The maximum absolute atomic E-state index is 12.7. The van der Waals surface area contributed by atoms with Gasteiger partial charge in [0.15, 0.2) is 0 Å². The number of fused-ring (bicyclic) bond motifs is 5. The Morgan fingerprint density at radius 1 is 1.05 bits per heavy atom. The summed E-state index contributed by atoms with van der Waals surface area (Å²) in [5.41, 5.74) is 1.51. The van der Waals surface area contributed by atoms with Crippen LogP contribution >= 0.6 is 0 Å². The van der Waals surface area contributed by atoms with Gasteiger partial charge in [-0.1, -0.05) is 19.0 Å². The number of hydrogen-bond acceptors (Lipinski definition) is 7. The van der Waals surface area contributed by atoms with Gasteiger partial charge in [0.2, 0.25) is 0 Å². The summed E-state index contributed by atoms with van der Waals surface area (Å²) in [5.74, 6) is 0.361. The number of carbonyl (C=O) groups excluding carboxylic acids is 1. The van der Waals surface area contributed by atoms with E-state index in [-0.39, 0.29) is 17.6 Å². The number of rotatable bonds is 5. The second-order valence-electron chi connectivity index (χ2n) is 12.0. The number of ketones is 1. The van der Waals surface area contributed by atoms with E-state index in [1.807, 2.05) is 7.11 Å². The van der Waals surface area contributed by atoms with Crippen molar-refractivity contribution in [3.63, 3.8) is 0 Å². The van der Waals surface area contributed by atoms with Crippen molar-refractivity contribution in [1.82, 2.24) is 5.32 Å². The van der Waals surface area contributed by atoms with Gasteiger partial charge in [-0.25, -0.2) is 9.59 Å². The van der Waals surface area contributed by atoms with E-state index in [0.29, 0.717) is 47.0 Å². The minimum atomic E-state index is -1.26. The molecule has 9 nitrogen and oxygen atoms in total. The Balaban J connectivity index is 0.000000349. The molecule has 1 aliphatic heterocycles. The standard InChI is InChI=1S/C24H38N2O3.C4H4O4/c1-23-9-6-16(26-29-17-8-11-25-14-17)12-15(23)13-20(28-3)22-18-4-5-21(27)24(18,2)10-7-19(22)23;5-3(6)1-2-4(7)8/h15,17-20,22,25H,4-14H2,1-3H3;1-2H,(H,5,6)(H,7,8)/b;2-1+/t15?,17-,18+,19+,20-,22+,23+,24+;/m1./s1. The largest absolute Gasteiger partial charge is 0.478 e. The number of aliphatic carboxylic acids is 2. The molecule has 0 amide bonds. The first-order chi connectivity index (χ1) is 17.6. The highest BCUT2D eigenvalue weighted by atomic mass is 16.6. The lowest BCUT2D eigenvalue weighted by molar-refractivity contribution is -0.164. The summed E-state index contributed by atoms with van der Waals surface area (Å²) in [5, 5.41) is 23.6. The molecule has 0 aromatic carbocycles. The van der Waals surface area contributed by atoms with Gasteiger partial charge in [0.25, 0.3) is 0 Å². The van der Waals surface area contributed by atoms with Gasteiger partial charge in [0.05, 0.1) is 11.8 Å². The first kappa shape index (κ1) is 27.8. The Bertz CT molecular complexity index is 927. The molecule has 1 saturated heterocycles. The molecule has 8 atom stereocenters. The molecule has 4 aliphatic carbocycles. The van der Waals surface area contributed by atoms with Gasteiger partial charge in [-0.05, 0) is 80.6 Å². The van der Waals surface area contributed by atoms with Crippen LogP contribution in [0, 0.1) is 34.5 Å². The Morgan fingerprint density at radius 3 is 2.41 bits per heavy atom. The van der Waals surface area contributed by atoms with Gasteiger partial charge in [0, 0.05) is 44.1 Å². The summed E-state index contributed by atoms with van der Waals surface area (Å²) in [6.07, 6.45) is 11.3. The lowest BCUT2D eigenvalue weighted by Crippen LogP contribution is -2.58. The van der Waals surface area contributed by atoms with Crippen molar-refractivity contribution in [3.8, 4) is 0 Å². The zero-order valence-corrected chi connectivity index (χ0v) is 22.3. The normalized spacial score (nSPS) is 41.9. The fourth-order valence-corrected chi connectivity index (χ4v) is 8.12. The van der Waals surface area contributed by atoms with E-state index < -0.39 is 11.9 Å². The number of Topliss-reactive ketones (excluding diaryl/α,β-unsaturated/α-hetero) is 1. The minimum Gasteiger partial charge on any atom is -0.478 e. The van der Waals surface area contributed by atoms with Crippen LogP contribution in [0.4, 0.5) is 0 Å². The number of carboxylic acids is 2. The third-order valence-electron chi connectivity index (χ3n) is 10.2. The monoisotopic (exact) mass is 518 g/mol. The minimum absolute atomic E-state index is 0.0917. The van der Waals surface area contributed by atoms with Crippen molar-refractivity contribution in [1.29, 1.82) is 0 Å². The first-order valence-corrected chi connectivity index (χ1v) is 13.7. The molecule has 1 heterocycles. The number of methoxy groups -OCH3 is 1. The fraction of sp³-hybridized carbons (Fsp3) is 0.786. The highest BCUT2D eigenvalue weighted by molar-refractivity contribution is 5.89. The van der Waals surface area contributed by atoms with Crippen molar-refractivity contribution in [2.45, 2.75) is 83.8 Å². The van der Waals surface area contributed by atoms with Gasteiger partial charge in [-0.15, -0.1) is 0 Å². The predicted octanol–water partition coefficient (Wildman–Crippen LogP) is 3.67. The average Bonchev–Trinajstić information content (AvgIpc) is 3.49. The van der Waals surface area contributed by atoms with Gasteiger partial charge < -0.3 is 25.1 Å². The molecule has 0 radical (unpaired) electrons. The number of carboxylic acid groups (broad SMARTS) is 2. The summed E-state index contributed by atoms with van der Waals surface area (Å²) in [6.45, 7) is 6.76. The van der Waals surface area contributed by atoms with Crippen LogP contribution in [0.5, 0.6) is 0 Å². The molecule has 5 fully saturated rings. The quantitative estimate of drug-likeness (QED) is 0.371. The van der Waals surface area contributed by atoms with Crippen molar-refractivity contribution in [3.05, 3.63) is 12.2 Å².